The molecule has 0 spiro atoms. The van der Waals surface area contributed by atoms with E-state index in [-0.39, 0.29) is 24.2 Å². The van der Waals surface area contributed by atoms with E-state index in [0.29, 0.717) is 6.42 Å². The monoisotopic (exact) mass is 257 g/mol. The second-order valence-corrected chi connectivity index (χ2v) is 4.20. The molecule has 2 unspecified atom stereocenters. The summed E-state index contributed by atoms with van der Waals surface area (Å²) in [6.07, 6.45) is 2.39. The molecule has 0 aliphatic carbocycles. The molecule has 2 atom stereocenters. The Labute approximate surface area is 106 Å². The van der Waals surface area contributed by atoms with E-state index in [1.807, 2.05) is 12.1 Å². The summed E-state index contributed by atoms with van der Waals surface area (Å²) in [6, 6.07) is 6.86. The van der Waals surface area contributed by atoms with Crippen LogP contribution in [0.15, 0.2) is 24.3 Å². The van der Waals surface area contributed by atoms with Crippen molar-refractivity contribution in [1.29, 1.82) is 0 Å². The summed E-state index contributed by atoms with van der Waals surface area (Å²) in [7, 11) is 0. The van der Waals surface area contributed by atoms with Crippen molar-refractivity contribution in [3.63, 3.8) is 0 Å². The lowest BCUT2D eigenvalue weighted by atomic mass is 10.0. The quantitative estimate of drug-likeness (QED) is 0.769. The maximum atomic E-state index is 10.7. The van der Waals surface area contributed by atoms with E-state index < -0.39 is 12.0 Å². The lowest BCUT2D eigenvalue weighted by Crippen LogP contribution is -2.36. The van der Waals surface area contributed by atoms with Gasteiger partial charge in [0.15, 0.2) is 0 Å². The van der Waals surface area contributed by atoms with Gasteiger partial charge in [0.05, 0.1) is 0 Å². The van der Waals surface area contributed by atoms with E-state index in [1.165, 1.54) is 0 Å². The number of aliphatic carboxylic acids is 1. The summed E-state index contributed by atoms with van der Waals surface area (Å²) in [6.45, 7) is 0. The third kappa shape index (κ3) is 3.61. The van der Waals surface area contributed by atoms with Gasteiger partial charge in [-0.2, -0.15) is 0 Å². The smallest absolute Gasteiger partial charge is 0.320 e. The number of hydrogen-bond donors (Lipinski definition) is 3. The second kappa shape index (κ2) is 5.89. The first-order valence-electron chi connectivity index (χ1n) is 5.42. The van der Waals surface area contributed by atoms with Crippen LogP contribution in [-0.2, 0) is 11.2 Å². The fraction of sp³-hybridized carbons (Fsp3) is 0.417. The average Bonchev–Trinajstić information content (AvgIpc) is 2.70. The van der Waals surface area contributed by atoms with E-state index in [2.05, 4.69) is 5.32 Å². The molecule has 0 amide bonds. The van der Waals surface area contributed by atoms with Crippen LogP contribution in [0.2, 0.25) is 0 Å². The van der Waals surface area contributed by atoms with Crippen molar-refractivity contribution in [1.82, 2.24) is 5.32 Å². The zero-order valence-corrected chi connectivity index (χ0v) is 10.1. The Hall–Kier alpha value is -1.26. The van der Waals surface area contributed by atoms with Gasteiger partial charge in [-0.1, -0.05) is 12.1 Å². The lowest BCUT2D eigenvalue weighted by Gasteiger charge is -2.11. The van der Waals surface area contributed by atoms with E-state index >= 15 is 0 Å². The van der Waals surface area contributed by atoms with Crippen LogP contribution in [-0.4, -0.2) is 28.3 Å². The van der Waals surface area contributed by atoms with E-state index in [1.54, 1.807) is 12.1 Å². The van der Waals surface area contributed by atoms with Gasteiger partial charge in [0.1, 0.15) is 11.8 Å². The summed E-state index contributed by atoms with van der Waals surface area (Å²) in [5.41, 5.74) is 1.11. The minimum absolute atomic E-state index is 0. The van der Waals surface area contributed by atoms with Crippen LogP contribution in [0, 0.1) is 0 Å². The van der Waals surface area contributed by atoms with Crippen LogP contribution in [0.25, 0.3) is 0 Å². The number of halogens is 1. The molecule has 1 fully saturated rings. The molecule has 17 heavy (non-hydrogen) atoms. The Bertz CT molecular complexity index is 380. The zero-order valence-electron chi connectivity index (χ0n) is 9.30. The summed E-state index contributed by atoms with van der Waals surface area (Å²) in [5.74, 6) is -0.514. The molecule has 5 heteroatoms. The molecule has 0 bridgehead atoms. The number of benzene rings is 1. The molecule has 0 saturated carbocycles. The number of carboxylic acid groups (broad SMARTS) is 1. The Morgan fingerprint density at radius 3 is 2.47 bits per heavy atom. The molecule has 1 aliphatic heterocycles. The van der Waals surface area contributed by atoms with Gasteiger partial charge in [-0.15, -0.1) is 12.4 Å². The van der Waals surface area contributed by atoms with Crippen LogP contribution in [0.1, 0.15) is 18.4 Å². The van der Waals surface area contributed by atoms with E-state index in [9.17, 15) is 4.79 Å². The number of nitrogens with one attached hydrogen (secondary N) is 1. The molecule has 1 aromatic rings. The van der Waals surface area contributed by atoms with Crippen LogP contribution >= 0.6 is 12.4 Å². The minimum Gasteiger partial charge on any atom is -0.508 e. The average molecular weight is 258 g/mol. The van der Waals surface area contributed by atoms with Gasteiger partial charge in [0.25, 0.3) is 0 Å². The first-order chi connectivity index (χ1) is 7.65. The largest absolute Gasteiger partial charge is 0.508 e. The molecule has 0 aromatic heterocycles. The SMILES string of the molecule is Cl.O=C(O)C1CCC(Cc2ccc(O)cc2)N1. The van der Waals surface area contributed by atoms with Gasteiger partial charge in [0, 0.05) is 6.04 Å². The molecule has 4 nitrogen and oxygen atoms in total. The van der Waals surface area contributed by atoms with Gasteiger partial charge in [0.2, 0.25) is 0 Å². The Balaban J connectivity index is 0.00000144. The molecule has 0 radical (unpaired) electrons. The molecule has 1 aliphatic rings. The van der Waals surface area contributed by atoms with Gasteiger partial charge in [-0.05, 0) is 37.0 Å². The molecular formula is C12H16ClNO3. The Kier molecular flexibility index (Phi) is 4.78. The van der Waals surface area contributed by atoms with Crippen molar-refractivity contribution in [2.45, 2.75) is 31.3 Å². The predicted octanol–water partition coefficient (Wildman–Crippen LogP) is 1.56. The van der Waals surface area contributed by atoms with Crippen molar-refractivity contribution in [3.8, 4) is 5.75 Å². The van der Waals surface area contributed by atoms with Crippen LogP contribution in [0.5, 0.6) is 5.75 Å². The second-order valence-electron chi connectivity index (χ2n) is 4.20. The molecule has 1 saturated heterocycles. The maximum Gasteiger partial charge on any atom is 0.320 e. The topological polar surface area (TPSA) is 69.6 Å². The summed E-state index contributed by atoms with van der Waals surface area (Å²) < 4.78 is 0. The number of carboxylic acids is 1. The first kappa shape index (κ1) is 13.8. The number of hydrogen-bond acceptors (Lipinski definition) is 3. The highest BCUT2D eigenvalue weighted by atomic mass is 35.5. The highest BCUT2D eigenvalue weighted by molar-refractivity contribution is 5.85. The summed E-state index contributed by atoms with van der Waals surface area (Å²) in [4.78, 5) is 10.7. The van der Waals surface area contributed by atoms with Gasteiger partial charge >= 0.3 is 5.97 Å². The highest BCUT2D eigenvalue weighted by Crippen LogP contribution is 2.18. The molecule has 1 heterocycles. The molecule has 2 rings (SSSR count). The summed E-state index contributed by atoms with van der Waals surface area (Å²) in [5, 5.41) is 21.1. The fourth-order valence-corrected chi connectivity index (χ4v) is 2.09. The van der Waals surface area contributed by atoms with Gasteiger partial charge < -0.3 is 15.5 Å². The molecule has 1 aromatic carbocycles. The van der Waals surface area contributed by atoms with Crippen LogP contribution in [0.4, 0.5) is 0 Å². The Morgan fingerprint density at radius 2 is 1.94 bits per heavy atom. The highest BCUT2D eigenvalue weighted by Gasteiger charge is 2.28. The number of carbonyl (C=O) groups is 1. The number of aromatic hydroxyl groups is 1. The van der Waals surface area contributed by atoms with Crippen molar-refractivity contribution >= 4 is 18.4 Å². The van der Waals surface area contributed by atoms with Crippen molar-refractivity contribution < 1.29 is 15.0 Å². The van der Waals surface area contributed by atoms with Crippen molar-refractivity contribution in [2.24, 2.45) is 0 Å². The number of phenols is 1. The van der Waals surface area contributed by atoms with Gasteiger partial charge in [-0.25, -0.2) is 0 Å². The third-order valence-electron chi connectivity index (χ3n) is 2.96. The van der Waals surface area contributed by atoms with E-state index in [4.69, 9.17) is 10.2 Å². The molecule has 3 N–H and O–H groups in total. The molecule has 94 valence electrons. The first-order valence-corrected chi connectivity index (χ1v) is 5.42. The standard InChI is InChI=1S/C12H15NO3.ClH/c14-10-4-1-8(2-5-10)7-9-3-6-11(13-9)12(15)16;/h1-2,4-5,9,11,13-14H,3,6-7H2,(H,15,16);1H. The van der Waals surface area contributed by atoms with Crippen molar-refractivity contribution in [2.75, 3.05) is 0 Å². The lowest BCUT2D eigenvalue weighted by molar-refractivity contribution is -0.139. The number of phenolic OH excluding ortho intramolecular Hbond substituents is 1. The third-order valence-corrected chi connectivity index (χ3v) is 2.96. The normalized spacial score (nSPS) is 23.1. The molecular weight excluding hydrogens is 242 g/mol. The van der Waals surface area contributed by atoms with E-state index in [0.717, 1.165) is 18.4 Å². The number of rotatable bonds is 3. The predicted molar refractivity (Wildman–Crippen MR) is 66.6 cm³/mol. The van der Waals surface area contributed by atoms with Gasteiger partial charge in [-0.3, -0.25) is 4.79 Å². The minimum atomic E-state index is -0.770. The summed E-state index contributed by atoms with van der Waals surface area (Å²) >= 11 is 0. The van der Waals surface area contributed by atoms with Crippen LogP contribution in [0.3, 0.4) is 0 Å². The van der Waals surface area contributed by atoms with Crippen LogP contribution < -0.4 is 5.32 Å². The fourth-order valence-electron chi connectivity index (χ4n) is 2.09. The zero-order chi connectivity index (χ0) is 11.5. The van der Waals surface area contributed by atoms with Crippen molar-refractivity contribution in [3.05, 3.63) is 29.8 Å². The Morgan fingerprint density at radius 1 is 1.29 bits per heavy atom. The maximum absolute atomic E-state index is 10.7.